The molecule has 0 aromatic heterocycles. The van der Waals surface area contributed by atoms with Gasteiger partial charge in [-0.3, -0.25) is 4.79 Å². The summed E-state index contributed by atoms with van der Waals surface area (Å²) < 4.78 is 0. The molecule has 1 saturated carbocycles. The number of rotatable bonds is 9. The van der Waals surface area contributed by atoms with Gasteiger partial charge < -0.3 is 0 Å². The van der Waals surface area contributed by atoms with Gasteiger partial charge in [0.1, 0.15) is 0 Å². The highest BCUT2D eigenvalue weighted by molar-refractivity contribution is 7.99. The molecule has 1 aliphatic carbocycles. The molecular formula is C20H30OS. The van der Waals surface area contributed by atoms with Gasteiger partial charge in [-0.15, -0.1) is 11.8 Å². The molecule has 1 nitrogen and oxygen atoms in total. The fourth-order valence-electron chi connectivity index (χ4n) is 3.23. The fraction of sp³-hybridized carbons (Fsp3) is 0.650. The Balaban J connectivity index is 1.73. The van der Waals surface area contributed by atoms with Crippen LogP contribution < -0.4 is 0 Å². The van der Waals surface area contributed by atoms with E-state index >= 15 is 0 Å². The number of carbonyl (C=O) groups is 1. The molecule has 0 saturated heterocycles. The monoisotopic (exact) mass is 318 g/mol. The van der Waals surface area contributed by atoms with Crippen LogP contribution in [0.15, 0.2) is 29.2 Å². The van der Waals surface area contributed by atoms with Crippen molar-refractivity contribution in [2.75, 3.05) is 5.75 Å². The van der Waals surface area contributed by atoms with E-state index in [1.54, 1.807) is 0 Å². The van der Waals surface area contributed by atoms with Gasteiger partial charge in [0, 0.05) is 16.9 Å². The fourth-order valence-corrected chi connectivity index (χ4v) is 4.15. The van der Waals surface area contributed by atoms with E-state index in [-0.39, 0.29) is 0 Å². The van der Waals surface area contributed by atoms with Crippen molar-refractivity contribution in [3.8, 4) is 0 Å². The number of hydrogen-bond donors (Lipinski definition) is 0. The molecule has 0 bridgehead atoms. The zero-order chi connectivity index (χ0) is 15.6. The minimum Gasteiger partial charge on any atom is -0.294 e. The molecule has 0 spiro atoms. The van der Waals surface area contributed by atoms with Crippen LogP contribution in [0.3, 0.4) is 0 Å². The van der Waals surface area contributed by atoms with Crippen LogP contribution in [0.1, 0.15) is 81.5 Å². The molecule has 22 heavy (non-hydrogen) atoms. The molecule has 2 rings (SSSR count). The number of carbonyl (C=O) groups excluding carboxylic acids is 1. The molecule has 0 atom stereocenters. The van der Waals surface area contributed by atoms with Crippen molar-refractivity contribution in [1.29, 1.82) is 0 Å². The summed E-state index contributed by atoms with van der Waals surface area (Å²) in [6.07, 6.45) is 12.5. The van der Waals surface area contributed by atoms with E-state index in [9.17, 15) is 4.79 Å². The maximum atomic E-state index is 12.3. The third-order valence-electron chi connectivity index (χ3n) is 4.70. The highest BCUT2D eigenvalue weighted by Gasteiger charge is 2.15. The lowest BCUT2D eigenvalue weighted by Gasteiger charge is -2.20. The Kier molecular flexibility index (Phi) is 8.07. The Morgan fingerprint density at radius 1 is 1.09 bits per heavy atom. The van der Waals surface area contributed by atoms with Gasteiger partial charge in [-0.2, -0.15) is 0 Å². The summed E-state index contributed by atoms with van der Waals surface area (Å²) in [7, 11) is 0. The van der Waals surface area contributed by atoms with Crippen molar-refractivity contribution in [1.82, 2.24) is 0 Å². The van der Waals surface area contributed by atoms with E-state index in [1.807, 2.05) is 23.9 Å². The molecular weight excluding hydrogens is 288 g/mol. The van der Waals surface area contributed by atoms with Crippen molar-refractivity contribution in [2.45, 2.75) is 76.0 Å². The summed E-state index contributed by atoms with van der Waals surface area (Å²) in [5, 5.41) is 0. The van der Waals surface area contributed by atoms with Crippen LogP contribution in [-0.4, -0.2) is 11.5 Å². The lowest BCUT2D eigenvalue weighted by Crippen LogP contribution is -2.09. The van der Waals surface area contributed by atoms with Crippen molar-refractivity contribution >= 4 is 17.5 Å². The molecule has 1 aliphatic rings. The van der Waals surface area contributed by atoms with Gasteiger partial charge in [0.25, 0.3) is 0 Å². The molecule has 0 radical (unpaired) electrons. The number of ketones is 1. The number of thioether (sulfide) groups is 1. The Bertz CT molecular complexity index is 432. The van der Waals surface area contributed by atoms with Crippen LogP contribution in [0.5, 0.6) is 0 Å². The lowest BCUT2D eigenvalue weighted by molar-refractivity contribution is 0.0970. The molecule has 0 aliphatic heterocycles. The quantitative estimate of drug-likeness (QED) is 0.293. The van der Waals surface area contributed by atoms with E-state index in [1.165, 1.54) is 62.0 Å². The summed E-state index contributed by atoms with van der Waals surface area (Å²) in [5.41, 5.74) is 0.897. The Hall–Kier alpha value is -0.760. The van der Waals surface area contributed by atoms with Gasteiger partial charge in [-0.05, 0) is 36.6 Å². The standard InChI is InChI=1S/C20H30OS/c1-2-3-7-16-22-19-13-11-18(12-14-19)20(21)15-10-17-8-5-4-6-9-17/h11-14,17H,2-10,15-16H2,1H3. The van der Waals surface area contributed by atoms with Gasteiger partial charge in [0.05, 0.1) is 0 Å². The van der Waals surface area contributed by atoms with Crippen molar-refractivity contribution in [2.24, 2.45) is 5.92 Å². The molecule has 1 fully saturated rings. The Morgan fingerprint density at radius 3 is 2.50 bits per heavy atom. The van der Waals surface area contributed by atoms with E-state index in [0.717, 1.165) is 24.3 Å². The number of hydrogen-bond acceptors (Lipinski definition) is 2. The van der Waals surface area contributed by atoms with Crippen LogP contribution >= 0.6 is 11.8 Å². The first-order valence-corrected chi connectivity index (χ1v) is 10.0. The SMILES string of the molecule is CCCCCSc1ccc(C(=O)CCC2CCCCC2)cc1. The molecule has 1 aromatic carbocycles. The molecule has 0 unspecified atom stereocenters. The van der Waals surface area contributed by atoms with E-state index in [2.05, 4.69) is 19.1 Å². The smallest absolute Gasteiger partial charge is 0.162 e. The maximum absolute atomic E-state index is 12.3. The molecule has 2 heteroatoms. The van der Waals surface area contributed by atoms with Crippen molar-refractivity contribution in [3.05, 3.63) is 29.8 Å². The predicted molar refractivity (Wildman–Crippen MR) is 96.8 cm³/mol. The molecule has 0 amide bonds. The first-order chi connectivity index (χ1) is 10.8. The minimum absolute atomic E-state index is 0.327. The van der Waals surface area contributed by atoms with E-state index in [4.69, 9.17) is 0 Å². The van der Waals surface area contributed by atoms with E-state index < -0.39 is 0 Å². The van der Waals surface area contributed by atoms with Crippen LogP contribution in [0.25, 0.3) is 0 Å². The highest BCUT2D eigenvalue weighted by atomic mass is 32.2. The normalized spacial score (nSPS) is 15.9. The lowest BCUT2D eigenvalue weighted by atomic mass is 9.85. The largest absolute Gasteiger partial charge is 0.294 e. The van der Waals surface area contributed by atoms with Gasteiger partial charge >= 0.3 is 0 Å². The molecule has 0 N–H and O–H groups in total. The summed E-state index contributed by atoms with van der Waals surface area (Å²) >= 11 is 1.91. The van der Waals surface area contributed by atoms with Crippen molar-refractivity contribution in [3.63, 3.8) is 0 Å². The number of Topliss-reactive ketones (excluding diaryl/α,β-unsaturated/α-hetero) is 1. The third-order valence-corrected chi connectivity index (χ3v) is 5.80. The second-order valence-corrected chi connectivity index (χ2v) is 7.71. The highest BCUT2D eigenvalue weighted by Crippen LogP contribution is 2.28. The second-order valence-electron chi connectivity index (χ2n) is 6.55. The molecule has 0 heterocycles. The van der Waals surface area contributed by atoms with E-state index in [0.29, 0.717) is 5.78 Å². The predicted octanol–water partition coefficient (Wildman–Crippen LogP) is 6.51. The van der Waals surface area contributed by atoms with Crippen LogP contribution in [-0.2, 0) is 0 Å². The van der Waals surface area contributed by atoms with Crippen LogP contribution in [0.2, 0.25) is 0 Å². The van der Waals surface area contributed by atoms with Gasteiger partial charge in [-0.25, -0.2) is 0 Å². The average molecular weight is 319 g/mol. The summed E-state index contributed by atoms with van der Waals surface area (Å²) in [6, 6.07) is 8.27. The summed E-state index contributed by atoms with van der Waals surface area (Å²) in [4.78, 5) is 13.6. The summed E-state index contributed by atoms with van der Waals surface area (Å²) in [5.74, 6) is 2.31. The minimum atomic E-state index is 0.327. The average Bonchev–Trinajstić information content (AvgIpc) is 2.58. The second kappa shape index (κ2) is 10.1. The first kappa shape index (κ1) is 17.6. The summed E-state index contributed by atoms with van der Waals surface area (Å²) in [6.45, 7) is 2.23. The third kappa shape index (κ3) is 6.16. The number of unbranched alkanes of at least 4 members (excludes halogenated alkanes) is 2. The zero-order valence-corrected chi connectivity index (χ0v) is 14.8. The topological polar surface area (TPSA) is 17.1 Å². The van der Waals surface area contributed by atoms with Crippen LogP contribution in [0, 0.1) is 5.92 Å². The molecule has 122 valence electrons. The molecule has 1 aromatic rings. The Labute approximate surface area is 140 Å². The van der Waals surface area contributed by atoms with Gasteiger partial charge in [0.15, 0.2) is 5.78 Å². The first-order valence-electron chi connectivity index (χ1n) is 9.05. The maximum Gasteiger partial charge on any atom is 0.162 e. The van der Waals surface area contributed by atoms with Gasteiger partial charge in [-0.1, -0.05) is 64.0 Å². The zero-order valence-electron chi connectivity index (χ0n) is 14.0. The number of benzene rings is 1. The Morgan fingerprint density at radius 2 is 1.82 bits per heavy atom. The van der Waals surface area contributed by atoms with Gasteiger partial charge in [0.2, 0.25) is 0 Å². The van der Waals surface area contributed by atoms with Crippen LogP contribution in [0.4, 0.5) is 0 Å². The van der Waals surface area contributed by atoms with Crippen molar-refractivity contribution < 1.29 is 4.79 Å².